The zero-order valence-corrected chi connectivity index (χ0v) is 11.9. The number of alkyl halides is 3. The SMILES string of the molecule is CCCCCCC(C)Nc1cc(C(F)(F)F)cc(N)n1. The summed E-state index contributed by atoms with van der Waals surface area (Å²) < 4.78 is 38.0. The zero-order valence-electron chi connectivity index (χ0n) is 11.9. The Morgan fingerprint density at radius 2 is 1.95 bits per heavy atom. The molecule has 3 N–H and O–H groups in total. The van der Waals surface area contributed by atoms with Crippen LogP contribution in [0.25, 0.3) is 0 Å². The van der Waals surface area contributed by atoms with Gasteiger partial charge in [-0.25, -0.2) is 4.98 Å². The van der Waals surface area contributed by atoms with E-state index in [0.29, 0.717) is 0 Å². The molecule has 1 aromatic rings. The summed E-state index contributed by atoms with van der Waals surface area (Å²) in [6, 6.07) is 1.91. The predicted octanol–water partition coefficient (Wildman–Crippen LogP) is 4.45. The molecule has 0 aliphatic rings. The van der Waals surface area contributed by atoms with Crippen LogP contribution in [-0.2, 0) is 6.18 Å². The van der Waals surface area contributed by atoms with E-state index in [9.17, 15) is 13.2 Å². The first-order chi connectivity index (χ1) is 9.32. The number of rotatable bonds is 7. The Hall–Kier alpha value is -1.46. The van der Waals surface area contributed by atoms with Gasteiger partial charge in [0, 0.05) is 6.04 Å². The van der Waals surface area contributed by atoms with E-state index in [1.165, 1.54) is 6.42 Å². The Kier molecular flexibility index (Phi) is 6.10. The number of nitrogen functional groups attached to an aromatic ring is 1. The Balaban J connectivity index is 2.61. The van der Waals surface area contributed by atoms with Crippen LogP contribution in [0.5, 0.6) is 0 Å². The van der Waals surface area contributed by atoms with Crippen LogP contribution in [0.3, 0.4) is 0 Å². The van der Waals surface area contributed by atoms with Crippen molar-refractivity contribution >= 4 is 11.6 Å². The highest BCUT2D eigenvalue weighted by Gasteiger charge is 2.31. The minimum absolute atomic E-state index is 0.0715. The molecule has 0 aliphatic heterocycles. The van der Waals surface area contributed by atoms with Crippen LogP contribution < -0.4 is 11.1 Å². The maximum absolute atomic E-state index is 12.7. The van der Waals surface area contributed by atoms with Gasteiger partial charge in [0.15, 0.2) is 0 Å². The Morgan fingerprint density at radius 1 is 1.25 bits per heavy atom. The molecular weight excluding hydrogens is 267 g/mol. The molecule has 0 saturated heterocycles. The third kappa shape index (κ3) is 5.67. The van der Waals surface area contributed by atoms with Gasteiger partial charge in [0.2, 0.25) is 0 Å². The fraction of sp³-hybridized carbons (Fsp3) is 0.643. The molecule has 1 aromatic heterocycles. The lowest BCUT2D eigenvalue weighted by molar-refractivity contribution is -0.137. The molecule has 1 atom stereocenters. The predicted molar refractivity (Wildman–Crippen MR) is 75.5 cm³/mol. The van der Waals surface area contributed by atoms with Crippen molar-refractivity contribution in [1.82, 2.24) is 4.98 Å². The summed E-state index contributed by atoms with van der Waals surface area (Å²) in [5, 5.41) is 2.98. The average molecular weight is 289 g/mol. The Labute approximate surface area is 117 Å². The molecule has 1 heterocycles. The lowest BCUT2D eigenvalue weighted by Crippen LogP contribution is -2.17. The van der Waals surface area contributed by atoms with Crippen LogP contribution in [0.1, 0.15) is 51.5 Å². The second-order valence-corrected chi connectivity index (χ2v) is 5.06. The molecule has 1 unspecified atom stereocenters. The Morgan fingerprint density at radius 3 is 2.55 bits per heavy atom. The summed E-state index contributed by atoms with van der Waals surface area (Å²) in [6.07, 6.45) is 1.03. The summed E-state index contributed by atoms with van der Waals surface area (Å²) in [5.41, 5.74) is 4.65. The van der Waals surface area contributed by atoms with Gasteiger partial charge in [-0.05, 0) is 25.5 Å². The molecule has 0 aliphatic carbocycles. The second kappa shape index (κ2) is 7.36. The van der Waals surface area contributed by atoms with E-state index in [-0.39, 0.29) is 17.7 Å². The van der Waals surface area contributed by atoms with Gasteiger partial charge < -0.3 is 11.1 Å². The lowest BCUT2D eigenvalue weighted by atomic mass is 10.1. The molecule has 0 aromatic carbocycles. The first-order valence-electron chi connectivity index (χ1n) is 6.94. The van der Waals surface area contributed by atoms with Crippen molar-refractivity contribution in [3.8, 4) is 0 Å². The largest absolute Gasteiger partial charge is 0.416 e. The fourth-order valence-corrected chi connectivity index (χ4v) is 1.99. The second-order valence-electron chi connectivity index (χ2n) is 5.06. The van der Waals surface area contributed by atoms with Gasteiger partial charge in [0.25, 0.3) is 0 Å². The number of hydrogen-bond donors (Lipinski definition) is 2. The number of nitrogens with two attached hydrogens (primary N) is 1. The van der Waals surface area contributed by atoms with Crippen LogP contribution in [0.4, 0.5) is 24.8 Å². The van der Waals surface area contributed by atoms with E-state index < -0.39 is 11.7 Å². The third-order valence-electron chi connectivity index (χ3n) is 3.06. The van der Waals surface area contributed by atoms with E-state index in [4.69, 9.17) is 5.73 Å². The minimum Gasteiger partial charge on any atom is -0.384 e. The van der Waals surface area contributed by atoms with Gasteiger partial charge in [0.1, 0.15) is 11.6 Å². The number of unbranched alkanes of at least 4 members (excludes halogenated alkanes) is 3. The average Bonchev–Trinajstić information content (AvgIpc) is 2.33. The highest BCUT2D eigenvalue weighted by atomic mass is 19.4. The number of pyridine rings is 1. The number of aromatic nitrogens is 1. The number of halogens is 3. The van der Waals surface area contributed by atoms with Gasteiger partial charge in [-0.3, -0.25) is 0 Å². The van der Waals surface area contributed by atoms with Crippen molar-refractivity contribution in [2.45, 2.75) is 58.2 Å². The van der Waals surface area contributed by atoms with Crippen molar-refractivity contribution in [2.75, 3.05) is 11.1 Å². The normalized spacial score (nSPS) is 13.2. The van der Waals surface area contributed by atoms with E-state index in [0.717, 1.165) is 37.8 Å². The lowest BCUT2D eigenvalue weighted by Gasteiger charge is -2.16. The van der Waals surface area contributed by atoms with E-state index in [1.807, 2.05) is 6.92 Å². The van der Waals surface area contributed by atoms with Crippen molar-refractivity contribution < 1.29 is 13.2 Å². The monoisotopic (exact) mass is 289 g/mol. The topological polar surface area (TPSA) is 50.9 Å². The highest BCUT2D eigenvalue weighted by Crippen LogP contribution is 2.31. The molecular formula is C14H22F3N3. The number of nitrogens with one attached hydrogen (secondary N) is 1. The van der Waals surface area contributed by atoms with Gasteiger partial charge in [-0.2, -0.15) is 13.2 Å². The van der Waals surface area contributed by atoms with Crippen LogP contribution in [0, 0.1) is 0 Å². The number of hydrogen-bond acceptors (Lipinski definition) is 3. The summed E-state index contributed by atoms with van der Waals surface area (Å²) in [4.78, 5) is 3.90. The van der Waals surface area contributed by atoms with Gasteiger partial charge in [-0.1, -0.05) is 32.6 Å². The summed E-state index contributed by atoms with van der Waals surface area (Å²) >= 11 is 0. The van der Waals surface area contributed by atoms with Gasteiger partial charge in [-0.15, -0.1) is 0 Å². The van der Waals surface area contributed by atoms with E-state index in [1.54, 1.807) is 0 Å². The molecule has 114 valence electrons. The third-order valence-corrected chi connectivity index (χ3v) is 3.06. The minimum atomic E-state index is -4.40. The van der Waals surface area contributed by atoms with Crippen LogP contribution in [-0.4, -0.2) is 11.0 Å². The molecule has 0 fully saturated rings. The molecule has 1 rings (SSSR count). The van der Waals surface area contributed by atoms with Crippen molar-refractivity contribution in [3.63, 3.8) is 0 Å². The molecule has 0 bridgehead atoms. The van der Waals surface area contributed by atoms with Gasteiger partial charge in [0.05, 0.1) is 5.56 Å². The zero-order chi connectivity index (χ0) is 15.2. The molecule has 0 spiro atoms. The van der Waals surface area contributed by atoms with Crippen LogP contribution >= 0.6 is 0 Å². The van der Waals surface area contributed by atoms with Crippen molar-refractivity contribution in [3.05, 3.63) is 17.7 Å². The quantitative estimate of drug-likeness (QED) is 0.729. The maximum Gasteiger partial charge on any atom is 0.416 e. The van der Waals surface area contributed by atoms with Crippen LogP contribution in [0.15, 0.2) is 12.1 Å². The molecule has 20 heavy (non-hydrogen) atoms. The van der Waals surface area contributed by atoms with E-state index >= 15 is 0 Å². The smallest absolute Gasteiger partial charge is 0.384 e. The fourth-order valence-electron chi connectivity index (χ4n) is 1.99. The van der Waals surface area contributed by atoms with E-state index in [2.05, 4.69) is 17.2 Å². The molecule has 0 amide bonds. The maximum atomic E-state index is 12.7. The van der Waals surface area contributed by atoms with Crippen molar-refractivity contribution in [1.29, 1.82) is 0 Å². The molecule has 6 heteroatoms. The van der Waals surface area contributed by atoms with Gasteiger partial charge >= 0.3 is 6.18 Å². The summed E-state index contributed by atoms with van der Waals surface area (Å²) in [6.45, 7) is 4.07. The molecule has 0 saturated carbocycles. The standard InChI is InChI=1S/C14H22F3N3/c1-3-4-5-6-7-10(2)19-13-9-11(14(15,16)17)8-12(18)20-13/h8-10H,3-7H2,1-2H3,(H3,18,19,20). The molecule has 0 radical (unpaired) electrons. The summed E-state index contributed by atoms with van der Waals surface area (Å²) in [7, 11) is 0. The van der Waals surface area contributed by atoms with Crippen molar-refractivity contribution in [2.24, 2.45) is 0 Å². The Bertz CT molecular complexity index is 419. The number of anilines is 2. The summed E-state index contributed by atoms with van der Waals surface area (Å²) in [5.74, 6) is 0.0563. The first-order valence-corrected chi connectivity index (χ1v) is 6.94. The highest BCUT2D eigenvalue weighted by molar-refractivity contribution is 5.47. The molecule has 3 nitrogen and oxygen atoms in total. The number of nitrogens with zero attached hydrogens (tertiary/aromatic N) is 1. The first kappa shape index (κ1) is 16.6. The van der Waals surface area contributed by atoms with Crippen LogP contribution in [0.2, 0.25) is 0 Å².